The molecule has 1 aromatic rings. The van der Waals surface area contributed by atoms with E-state index in [-0.39, 0.29) is 11.9 Å². The van der Waals surface area contributed by atoms with Gasteiger partial charge in [0, 0.05) is 11.4 Å². The fraction of sp³-hybridized carbons (Fsp3) is 0.533. The smallest absolute Gasteiger partial charge is 0.220 e. The summed E-state index contributed by atoms with van der Waals surface area (Å²) in [5.41, 5.74) is 6.64. The van der Waals surface area contributed by atoms with Crippen LogP contribution < -0.4 is 11.1 Å². The SMILES string of the molecule is CCC(NC(=O)CCC(C)CN)c1ccc(Cl)cc1. The zero-order valence-corrected chi connectivity index (χ0v) is 12.4. The maximum Gasteiger partial charge on any atom is 0.220 e. The fourth-order valence-electron chi connectivity index (χ4n) is 1.88. The molecule has 0 aliphatic rings. The number of hydrogen-bond acceptors (Lipinski definition) is 2. The molecule has 1 rings (SSSR count). The highest BCUT2D eigenvalue weighted by molar-refractivity contribution is 6.30. The van der Waals surface area contributed by atoms with Gasteiger partial charge < -0.3 is 11.1 Å². The van der Waals surface area contributed by atoms with Crippen LogP contribution in [0.4, 0.5) is 0 Å². The molecule has 3 N–H and O–H groups in total. The van der Waals surface area contributed by atoms with E-state index in [0.29, 0.717) is 23.9 Å². The van der Waals surface area contributed by atoms with E-state index in [0.717, 1.165) is 18.4 Å². The van der Waals surface area contributed by atoms with Crippen molar-refractivity contribution in [2.75, 3.05) is 6.54 Å². The standard InChI is InChI=1S/C15H23ClN2O/c1-3-14(12-5-7-13(16)8-6-12)18-15(19)9-4-11(2)10-17/h5-8,11,14H,3-4,9-10,17H2,1-2H3,(H,18,19). The van der Waals surface area contributed by atoms with E-state index in [1.54, 1.807) is 0 Å². The van der Waals surface area contributed by atoms with Gasteiger partial charge in [0.15, 0.2) is 0 Å². The number of amides is 1. The Bertz CT molecular complexity index is 392. The Morgan fingerprint density at radius 2 is 2.00 bits per heavy atom. The zero-order chi connectivity index (χ0) is 14.3. The number of benzene rings is 1. The lowest BCUT2D eigenvalue weighted by Gasteiger charge is -2.18. The highest BCUT2D eigenvalue weighted by Gasteiger charge is 2.13. The van der Waals surface area contributed by atoms with Crippen molar-refractivity contribution in [2.24, 2.45) is 11.7 Å². The Morgan fingerprint density at radius 1 is 1.37 bits per heavy atom. The molecule has 0 spiro atoms. The van der Waals surface area contributed by atoms with Crippen molar-refractivity contribution in [2.45, 2.75) is 39.2 Å². The van der Waals surface area contributed by atoms with Crippen molar-refractivity contribution in [1.82, 2.24) is 5.32 Å². The zero-order valence-electron chi connectivity index (χ0n) is 11.7. The van der Waals surface area contributed by atoms with Gasteiger partial charge >= 0.3 is 0 Å². The maximum atomic E-state index is 11.9. The highest BCUT2D eigenvalue weighted by Crippen LogP contribution is 2.19. The van der Waals surface area contributed by atoms with E-state index in [1.807, 2.05) is 24.3 Å². The molecule has 0 aromatic heterocycles. The number of nitrogens with one attached hydrogen (secondary N) is 1. The quantitative estimate of drug-likeness (QED) is 0.806. The third kappa shape index (κ3) is 5.62. The van der Waals surface area contributed by atoms with Crippen molar-refractivity contribution < 1.29 is 4.79 Å². The first-order chi connectivity index (χ1) is 9.06. The van der Waals surface area contributed by atoms with E-state index in [4.69, 9.17) is 17.3 Å². The van der Waals surface area contributed by atoms with Crippen LogP contribution in [0, 0.1) is 5.92 Å². The maximum absolute atomic E-state index is 11.9. The van der Waals surface area contributed by atoms with Gasteiger partial charge in [-0.2, -0.15) is 0 Å². The molecule has 0 bridgehead atoms. The van der Waals surface area contributed by atoms with Gasteiger partial charge in [0.2, 0.25) is 5.91 Å². The van der Waals surface area contributed by atoms with E-state index in [1.165, 1.54) is 0 Å². The summed E-state index contributed by atoms with van der Waals surface area (Å²) in [5, 5.41) is 3.77. The van der Waals surface area contributed by atoms with Crippen LogP contribution in [0.2, 0.25) is 5.02 Å². The van der Waals surface area contributed by atoms with Crippen LogP contribution in [0.3, 0.4) is 0 Å². The van der Waals surface area contributed by atoms with Crippen molar-refractivity contribution in [1.29, 1.82) is 0 Å². The minimum Gasteiger partial charge on any atom is -0.349 e. The molecular weight excluding hydrogens is 260 g/mol. The monoisotopic (exact) mass is 282 g/mol. The average molecular weight is 283 g/mol. The molecular formula is C15H23ClN2O. The van der Waals surface area contributed by atoms with Gasteiger partial charge in [-0.15, -0.1) is 0 Å². The van der Waals surface area contributed by atoms with Crippen LogP contribution in [-0.2, 0) is 4.79 Å². The third-order valence-electron chi connectivity index (χ3n) is 3.28. The van der Waals surface area contributed by atoms with Gasteiger partial charge in [0.25, 0.3) is 0 Å². The number of hydrogen-bond donors (Lipinski definition) is 2. The molecule has 0 radical (unpaired) electrons. The van der Waals surface area contributed by atoms with Gasteiger partial charge in [0.1, 0.15) is 0 Å². The summed E-state index contributed by atoms with van der Waals surface area (Å²) in [5.74, 6) is 0.475. The number of halogens is 1. The summed E-state index contributed by atoms with van der Waals surface area (Å²) in [7, 11) is 0. The number of rotatable bonds is 7. The molecule has 19 heavy (non-hydrogen) atoms. The molecule has 1 amide bonds. The summed E-state index contributed by atoms with van der Waals surface area (Å²) in [6.07, 6.45) is 2.22. The molecule has 4 heteroatoms. The van der Waals surface area contributed by atoms with Crippen LogP contribution in [0.5, 0.6) is 0 Å². The Balaban J connectivity index is 2.52. The van der Waals surface area contributed by atoms with Crippen molar-refractivity contribution in [3.63, 3.8) is 0 Å². The van der Waals surface area contributed by atoms with E-state index >= 15 is 0 Å². The van der Waals surface area contributed by atoms with Crippen molar-refractivity contribution in [3.05, 3.63) is 34.9 Å². The Morgan fingerprint density at radius 3 is 2.53 bits per heavy atom. The fourth-order valence-corrected chi connectivity index (χ4v) is 2.00. The topological polar surface area (TPSA) is 55.1 Å². The summed E-state index contributed by atoms with van der Waals surface area (Å²) in [4.78, 5) is 11.9. The highest BCUT2D eigenvalue weighted by atomic mass is 35.5. The molecule has 0 aliphatic heterocycles. The molecule has 0 aliphatic carbocycles. The minimum absolute atomic E-state index is 0.0537. The van der Waals surface area contributed by atoms with Crippen LogP contribution in [0.15, 0.2) is 24.3 Å². The van der Waals surface area contributed by atoms with Crippen LogP contribution >= 0.6 is 11.6 Å². The van der Waals surface area contributed by atoms with E-state index in [9.17, 15) is 4.79 Å². The molecule has 106 valence electrons. The van der Waals surface area contributed by atoms with E-state index in [2.05, 4.69) is 19.2 Å². The van der Waals surface area contributed by atoms with Crippen molar-refractivity contribution >= 4 is 17.5 Å². The van der Waals surface area contributed by atoms with Crippen LogP contribution in [0.25, 0.3) is 0 Å². The Hall–Kier alpha value is -1.06. The molecule has 1 aromatic carbocycles. The molecule has 0 saturated heterocycles. The first-order valence-corrected chi connectivity index (χ1v) is 7.19. The van der Waals surface area contributed by atoms with Gasteiger partial charge in [-0.1, -0.05) is 37.6 Å². The lowest BCUT2D eigenvalue weighted by molar-refractivity contribution is -0.122. The predicted molar refractivity (Wildman–Crippen MR) is 80.1 cm³/mol. The number of carbonyl (C=O) groups excluding carboxylic acids is 1. The summed E-state index contributed by atoms with van der Waals surface area (Å²) < 4.78 is 0. The summed E-state index contributed by atoms with van der Waals surface area (Å²) in [6.45, 7) is 4.74. The molecule has 2 unspecified atom stereocenters. The van der Waals surface area contributed by atoms with Gasteiger partial charge in [-0.25, -0.2) is 0 Å². The van der Waals surface area contributed by atoms with Crippen molar-refractivity contribution in [3.8, 4) is 0 Å². The lowest BCUT2D eigenvalue weighted by atomic mass is 10.0. The third-order valence-corrected chi connectivity index (χ3v) is 3.53. The van der Waals surface area contributed by atoms with Gasteiger partial charge in [-0.3, -0.25) is 4.79 Å². The minimum atomic E-state index is 0.0537. The summed E-state index contributed by atoms with van der Waals surface area (Å²) >= 11 is 5.87. The largest absolute Gasteiger partial charge is 0.349 e. The second-order valence-electron chi connectivity index (χ2n) is 4.96. The first kappa shape index (κ1) is 16.0. The number of nitrogens with two attached hydrogens (primary N) is 1. The normalized spacial score (nSPS) is 13.9. The molecule has 3 nitrogen and oxygen atoms in total. The number of carbonyl (C=O) groups is 1. The van der Waals surface area contributed by atoms with E-state index < -0.39 is 0 Å². The van der Waals surface area contributed by atoms with Crippen LogP contribution in [-0.4, -0.2) is 12.5 Å². The molecule has 0 fully saturated rings. The Kier molecular flexibility index (Phi) is 6.89. The second kappa shape index (κ2) is 8.18. The average Bonchev–Trinajstić information content (AvgIpc) is 2.43. The van der Waals surface area contributed by atoms with Gasteiger partial charge in [-0.05, 0) is 43.0 Å². The molecule has 2 atom stereocenters. The second-order valence-corrected chi connectivity index (χ2v) is 5.40. The Labute approximate surface area is 120 Å². The molecule has 0 heterocycles. The summed E-state index contributed by atoms with van der Waals surface area (Å²) in [6, 6.07) is 7.67. The van der Waals surface area contributed by atoms with Crippen LogP contribution in [0.1, 0.15) is 44.7 Å². The van der Waals surface area contributed by atoms with Gasteiger partial charge in [0.05, 0.1) is 6.04 Å². The lowest BCUT2D eigenvalue weighted by Crippen LogP contribution is -2.28. The molecule has 0 saturated carbocycles. The first-order valence-electron chi connectivity index (χ1n) is 6.81. The predicted octanol–water partition coefficient (Wildman–Crippen LogP) is 3.28.